The maximum atomic E-state index is 12.0. The van der Waals surface area contributed by atoms with E-state index in [1.165, 1.54) is 19.1 Å². The number of aliphatic imine (C=N–C) groups is 1. The second-order valence-corrected chi connectivity index (χ2v) is 6.20. The molecule has 2 rings (SSSR count). The van der Waals surface area contributed by atoms with E-state index < -0.39 is 22.5 Å². The normalized spacial score (nSPS) is 14.7. The molecule has 0 aromatic heterocycles. The van der Waals surface area contributed by atoms with Gasteiger partial charge in [0.05, 0.1) is 16.4 Å². The van der Waals surface area contributed by atoms with Gasteiger partial charge in [0.15, 0.2) is 10.9 Å². The van der Waals surface area contributed by atoms with Crippen LogP contribution in [0.4, 0.5) is 5.69 Å². The van der Waals surface area contributed by atoms with E-state index >= 15 is 0 Å². The van der Waals surface area contributed by atoms with Crippen molar-refractivity contribution in [3.8, 4) is 11.5 Å². The van der Waals surface area contributed by atoms with E-state index in [-0.39, 0.29) is 39.6 Å². The zero-order valence-corrected chi connectivity index (χ0v) is 15.4. The predicted molar refractivity (Wildman–Crippen MR) is 97.4 cm³/mol. The number of hydrogen-bond acceptors (Lipinski definition) is 8. The maximum absolute atomic E-state index is 12.0. The molecule has 0 saturated heterocycles. The second kappa shape index (κ2) is 8.45. The number of amides is 2. The first-order valence-electron chi connectivity index (χ1n) is 7.65. The molecule has 1 heterocycles. The number of ether oxygens (including phenoxy) is 2. The van der Waals surface area contributed by atoms with E-state index in [0.717, 1.165) is 24.8 Å². The third-order valence-corrected chi connectivity index (χ3v) is 3.90. The Morgan fingerprint density at radius 3 is 2.63 bits per heavy atom. The van der Waals surface area contributed by atoms with Gasteiger partial charge in [0.1, 0.15) is 0 Å². The van der Waals surface area contributed by atoms with Gasteiger partial charge in [0.25, 0.3) is 5.91 Å². The summed E-state index contributed by atoms with van der Waals surface area (Å²) in [6, 6.07) is 2.56. The van der Waals surface area contributed by atoms with Crippen LogP contribution in [-0.2, 0) is 14.4 Å². The molecule has 0 unspecified atom stereocenters. The summed E-state index contributed by atoms with van der Waals surface area (Å²) in [5.74, 6) is -2.02. The molecule has 1 aromatic rings. The summed E-state index contributed by atoms with van der Waals surface area (Å²) < 4.78 is 10.3. The fourth-order valence-corrected chi connectivity index (χ4v) is 2.96. The number of rotatable bonds is 5. The first kappa shape index (κ1) is 20.1. The molecule has 0 saturated carbocycles. The third-order valence-electron chi connectivity index (χ3n) is 3.00. The van der Waals surface area contributed by atoms with Gasteiger partial charge >= 0.3 is 11.7 Å². The fraction of sp³-hybridized carbons (Fsp3) is 0.250. The molecular weight excluding hydrogens is 378 g/mol. The number of nitro groups is 1. The van der Waals surface area contributed by atoms with Crippen LogP contribution in [0.25, 0.3) is 6.08 Å². The molecule has 0 aliphatic carbocycles. The van der Waals surface area contributed by atoms with Crippen molar-refractivity contribution in [3.05, 3.63) is 32.7 Å². The molecule has 142 valence electrons. The first-order chi connectivity index (χ1) is 12.7. The largest absolute Gasteiger partial charge is 0.490 e. The number of amidine groups is 1. The first-order valence-corrected chi connectivity index (χ1v) is 8.46. The standard InChI is InChI=1S/C16H15N3O7S/c1-4-25-12-6-10(5-11(19(23)24)14(12)26-9(3)21)7-13-15(22)18-16(27-13)17-8(2)20/h5-7H,4H2,1-3H3,(H,17,18,20,22)/b13-7-. The minimum atomic E-state index is -0.736. The van der Waals surface area contributed by atoms with E-state index in [2.05, 4.69) is 10.3 Å². The predicted octanol–water partition coefficient (Wildman–Crippen LogP) is 2.03. The minimum Gasteiger partial charge on any atom is -0.490 e. The average molecular weight is 393 g/mol. The van der Waals surface area contributed by atoms with Gasteiger partial charge in [-0.15, -0.1) is 0 Å². The lowest BCUT2D eigenvalue weighted by Gasteiger charge is -2.11. The fourth-order valence-electron chi connectivity index (χ4n) is 2.10. The highest BCUT2D eigenvalue weighted by atomic mass is 32.2. The van der Waals surface area contributed by atoms with E-state index in [9.17, 15) is 24.5 Å². The SMILES string of the molecule is CCOc1cc(/C=C2\SC(NC(C)=O)=NC2=O)cc([N+](=O)[O-])c1OC(C)=O. The molecule has 0 atom stereocenters. The molecule has 1 aliphatic rings. The van der Waals surface area contributed by atoms with Crippen molar-refractivity contribution in [2.24, 2.45) is 4.99 Å². The Bertz CT molecular complexity index is 892. The number of benzene rings is 1. The summed E-state index contributed by atoms with van der Waals surface area (Å²) in [4.78, 5) is 48.8. The summed E-state index contributed by atoms with van der Waals surface area (Å²) in [5, 5.41) is 13.9. The number of nitrogens with zero attached hydrogens (tertiary/aromatic N) is 2. The molecule has 10 nitrogen and oxygen atoms in total. The zero-order chi connectivity index (χ0) is 20.1. The molecular formula is C16H15N3O7S. The van der Waals surface area contributed by atoms with Crippen molar-refractivity contribution < 1.29 is 28.8 Å². The van der Waals surface area contributed by atoms with Gasteiger partial charge in [0, 0.05) is 19.9 Å². The van der Waals surface area contributed by atoms with Crippen molar-refractivity contribution in [2.45, 2.75) is 20.8 Å². The number of hydrogen-bond donors (Lipinski definition) is 1. The van der Waals surface area contributed by atoms with Gasteiger partial charge in [-0.05, 0) is 36.4 Å². The second-order valence-electron chi connectivity index (χ2n) is 5.17. The van der Waals surface area contributed by atoms with Crippen LogP contribution in [0.15, 0.2) is 22.0 Å². The van der Waals surface area contributed by atoms with Crippen LogP contribution in [-0.4, -0.2) is 34.5 Å². The van der Waals surface area contributed by atoms with Crippen LogP contribution in [0.5, 0.6) is 11.5 Å². The Hall–Kier alpha value is -3.21. The minimum absolute atomic E-state index is 0.00722. The Balaban J connectivity index is 2.46. The molecule has 27 heavy (non-hydrogen) atoms. The molecule has 1 aliphatic heterocycles. The van der Waals surface area contributed by atoms with Crippen LogP contribution >= 0.6 is 11.8 Å². The average Bonchev–Trinajstić information content (AvgIpc) is 2.87. The molecule has 1 aromatic carbocycles. The quantitative estimate of drug-likeness (QED) is 0.264. The van der Waals surface area contributed by atoms with Crippen LogP contribution in [0.1, 0.15) is 26.3 Å². The molecule has 0 radical (unpaired) electrons. The van der Waals surface area contributed by atoms with E-state index in [1.807, 2.05) is 0 Å². The summed E-state index contributed by atoms with van der Waals surface area (Å²) in [7, 11) is 0. The van der Waals surface area contributed by atoms with Crippen molar-refractivity contribution in [3.63, 3.8) is 0 Å². The van der Waals surface area contributed by atoms with Gasteiger partial charge in [0.2, 0.25) is 11.7 Å². The molecule has 1 N–H and O–H groups in total. The molecule has 0 bridgehead atoms. The maximum Gasteiger partial charge on any atom is 0.316 e. The number of carbonyl (C=O) groups is 3. The number of thioether (sulfide) groups is 1. The van der Waals surface area contributed by atoms with E-state index in [0.29, 0.717) is 0 Å². The highest BCUT2D eigenvalue weighted by Crippen LogP contribution is 2.40. The lowest BCUT2D eigenvalue weighted by Crippen LogP contribution is -2.23. The number of carbonyl (C=O) groups excluding carboxylic acids is 3. The summed E-state index contributed by atoms with van der Waals surface area (Å²) in [6.45, 7) is 4.23. The van der Waals surface area contributed by atoms with Crippen molar-refractivity contribution >= 4 is 46.5 Å². The van der Waals surface area contributed by atoms with Crippen LogP contribution in [0, 0.1) is 10.1 Å². The summed E-state index contributed by atoms with van der Waals surface area (Å²) in [5.41, 5.74) is -0.211. The summed E-state index contributed by atoms with van der Waals surface area (Å²) >= 11 is 0.924. The van der Waals surface area contributed by atoms with Crippen LogP contribution in [0.2, 0.25) is 0 Å². The van der Waals surface area contributed by atoms with E-state index in [1.54, 1.807) is 6.92 Å². The zero-order valence-electron chi connectivity index (χ0n) is 14.6. The smallest absolute Gasteiger partial charge is 0.316 e. The van der Waals surface area contributed by atoms with Gasteiger partial charge in [-0.1, -0.05) is 0 Å². The van der Waals surface area contributed by atoms with Crippen molar-refractivity contribution in [1.82, 2.24) is 5.32 Å². The van der Waals surface area contributed by atoms with Gasteiger partial charge in [-0.25, -0.2) is 0 Å². The molecule has 0 spiro atoms. The highest BCUT2D eigenvalue weighted by molar-refractivity contribution is 8.18. The van der Waals surface area contributed by atoms with Gasteiger partial charge in [-0.3, -0.25) is 24.5 Å². The highest BCUT2D eigenvalue weighted by Gasteiger charge is 2.26. The lowest BCUT2D eigenvalue weighted by molar-refractivity contribution is -0.385. The molecule has 0 fully saturated rings. The number of esters is 1. The number of nitrogens with one attached hydrogen (secondary N) is 1. The van der Waals surface area contributed by atoms with Crippen LogP contribution in [0.3, 0.4) is 0 Å². The Kier molecular flexibility index (Phi) is 6.29. The lowest BCUT2D eigenvalue weighted by atomic mass is 10.1. The van der Waals surface area contributed by atoms with Crippen molar-refractivity contribution in [1.29, 1.82) is 0 Å². The van der Waals surface area contributed by atoms with Crippen molar-refractivity contribution in [2.75, 3.05) is 6.61 Å². The number of nitro benzene ring substituents is 1. The van der Waals surface area contributed by atoms with Crippen LogP contribution < -0.4 is 14.8 Å². The molecule has 11 heteroatoms. The third kappa shape index (κ3) is 5.14. The Morgan fingerprint density at radius 1 is 1.37 bits per heavy atom. The van der Waals surface area contributed by atoms with Gasteiger partial charge < -0.3 is 14.8 Å². The van der Waals surface area contributed by atoms with E-state index in [4.69, 9.17) is 9.47 Å². The molecule has 2 amide bonds. The Labute approximate surface area is 157 Å². The topological polar surface area (TPSA) is 137 Å². The van der Waals surface area contributed by atoms with Gasteiger partial charge in [-0.2, -0.15) is 4.99 Å². The summed E-state index contributed by atoms with van der Waals surface area (Å²) in [6.07, 6.45) is 1.37. The monoisotopic (exact) mass is 393 g/mol. The Morgan fingerprint density at radius 2 is 2.07 bits per heavy atom.